The van der Waals surface area contributed by atoms with Gasteiger partial charge in [0.2, 0.25) is 0 Å². The van der Waals surface area contributed by atoms with Crippen molar-refractivity contribution in [1.82, 2.24) is 0 Å². The SMILES string of the molecule is CO[C@H]1[C@H]2O[C@H]2[C@H](OCC23C[C@@H]4[C@H](C)CC[C@H]4C4(C=O)CC2C=C(C(C)C)C34C(=O)O)O[C@@H]1C. The van der Waals surface area contributed by atoms with Gasteiger partial charge in [-0.1, -0.05) is 38.8 Å². The van der Waals surface area contributed by atoms with Crippen molar-refractivity contribution in [2.45, 2.75) is 84.1 Å². The van der Waals surface area contributed by atoms with Gasteiger partial charge in [0.1, 0.15) is 30.0 Å². The Hall–Kier alpha value is -1.28. The summed E-state index contributed by atoms with van der Waals surface area (Å²) < 4.78 is 24.0. The first kappa shape index (κ1) is 23.1. The normalized spacial score (nSPS) is 54.5. The van der Waals surface area contributed by atoms with E-state index in [2.05, 4.69) is 26.8 Å². The quantitative estimate of drug-likeness (QED) is 0.343. The van der Waals surface area contributed by atoms with Crippen molar-refractivity contribution in [3.63, 3.8) is 0 Å². The molecule has 34 heavy (non-hydrogen) atoms. The smallest absolute Gasteiger partial charge is 0.315 e. The van der Waals surface area contributed by atoms with Crippen LogP contribution < -0.4 is 0 Å². The zero-order valence-corrected chi connectivity index (χ0v) is 20.9. The second-order valence-corrected chi connectivity index (χ2v) is 12.3. The maximum Gasteiger partial charge on any atom is 0.315 e. The van der Waals surface area contributed by atoms with Gasteiger partial charge in [0.15, 0.2) is 6.29 Å². The van der Waals surface area contributed by atoms with Crippen LogP contribution in [0.25, 0.3) is 0 Å². The van der Waals surface area contributed by atoms with Crippen molar-refractivity contribution < 1.29 is 33.6 Å². The Morgan fingerprint density at radius 2 is 2.00 bits per heavy atom. The Kier molecular flexibility index (Phi) is 5.02. The fraction of sp³-hybridized carbons (Fsp3) is 0.852. The van der Waals surface area contributed by atoms with E-state index in [4.69, 9.17) is 18.9 Å². The molecule has 6 rings (SSSR count). The largest absolute Gasteiger partial charge is 0.481 e. The molecule has 7 nitrogen and oxygen atoms in total. The van der Waals surface area contributed by atoms with Gasteiger partial charge >= 0.3 is 5.97 Å². The van der Waals surface area contributed by atoms with Crippen molar-refractivity contribution in [1.29, 1.82) is 0 Å². The number of hydrogen-bond acceptors (Lipinski definition) is 6. The molecule has 2 heterocycles. The van der Waals surface area contributed by atoms with E-state index in [1.54, 1.807) is 7.11 Å². The third-order valence-corrected chi connectivity index (χ3v) is 10.9. The van der Waals surface area contributed by atoms with Crippen molar-refractivity contribution in [2.75, 3.05) is 13.7 Å². The van der Waals surface area contributed by atoms with Crippen LogP contribution in [-0.4, -0.2) is 61.8 Å². The molecule has 2 saturated heterocycles. The second kappa shape index (κ2) is 7.37. The van der Waals surface area contributed by atoms with E-state index in [1.165, 1.54) is 0 Å². The third kappa shape index (κ3) is 2.47. The number of methoxy groups -OCH3 is 1. The molecule has 0 amide bonds. The summed E-state index contributed by atoms with van der Waals surface area (Å²) in [5, 5.41) is 11.0. The molecular formula is C27H38O7. The van der Waals surface area contributed by atoms with Crippen LogP contribution in [0.1, 0.15) is 53.4 Å². The summed E-state index contributed by atoms with van der Waals surface area (Å²) in [6, 6.07) is 0. The Morgan fingerprint density at radius 3 is 2.65 bits per heavy atom. The Balaban J connectivity index is 1.40. The van der Waals surface area contributed by atoms with Crippen molar-refractivity contribution >= 4 is 12.3 Å². The highest BCUT2D eigenvalue weighted by atomic mass is 16.7. The van der Waals surface area contributed by atoms with Gasteiger partial charge in [-0.3, -0.25) is 4.79 Å². The van der Waals surface area contributed by atoms with Gasteiger partial charge in [0, 0.05) is 12.5 Å². The zero-order valence-electron chi connectivity index (χ0n) is 20.9. The van der Waals surface area contributed by atoms with Gasteiger partial charge in [-0.15, -0.1) is 0 Å². The lowest BCUT2D eigenvalue weighted by Crippen LogP contribution is -2.63. The van der Waals surface area contributed by atoms with E-state index in [9.17, 15) is 14.7 Å². The molecule has 4 bridgehead atoms. The monoisotopic (exact) mass is 474 g/mol. The van der Waals surface area contributed by atoms with E-state index in [1.807, 2.05) is 6.92 Å². The Bertz CT molecular complexity index is 928. The minimum Gasteiger partial charge on any atom is -0.481 e. The topological polar surface area (TPSA) is 94.6 Å². The molecule has 5 fully saturated rings. The average molecular weight is 475 g/mol. The van der Waals surface area contributed by atoms with Gasteiger partial charge in [0.25, 0.3) is 0 Å². The lowest BCUT2D eigenvalue weighted by atomic mass is 9.43. The maximum atomic E-state index is 13.5. The summed E-state index contributed by atoms with van der Waals surface area (Å²) in [7, 11) is 1.66. The summed E-state index contributed by atoms with van der Waals surface area (Å²) in [6.07, 6.45) is 5.59. The van der Waals surface area contributed by atoms with Crippen LogP contribution in [-0.2, 0) is 28.5 Å². The number of rotatable bonds is 7. The first-order valence-electron chi connectivity index (χ1n) is 13.1. The number of hydrogen-bond donors (Lipinski definition) is 1. The van der Waals surface area contributed by atoms with Gasteiger partial charge in [-0.05, 0) is 55.8 Å². The van der Waals surface area contributed by atoms with Crippen LogP contribution in [0.5, 0.6) is 0 Å². The summed E-state index contributed by atoms with van der Waals surface area (Å²) in [6.45, 7) is 8.63. The fourth-order valence-electron chi connectivity index (χ4n) is 9.58. The average Bonchev–Trinajstić information content (AvgIpc) is 3.39. The van der Waals surface area contributed by atoms with Crippen molar-refractivity contribution in [3.8, 4) is 0 Å². The minimum absolute atomic E-state index is 0.0210. The second-order valence-electron chi connectivity index (χ2n) is 12.3. The molecule has 188 valence electrons. The Labute approximate surface area is 201 Å². The van der Waals surface area contributed by atoms with Gasteiger partial charge in [0.05, 0.1) is 18.1 Å². The molecular weight excluding hydrogens is 436 g/mol. The lowest BCUT2D eigenvalue weighted by molar-refractivity contribution is -0.237. The first-order valence-corrected chi connectivity index (χ1v) is 13.1. The van der Waals surface area contributed by atoms with E-state index in [0.717, 1.165) is 31.1 Å². The molecule has 0 aromatic heterocycles. The van der Waals surface area contributed by atoms with Gasteiger partial charge in [-0.2, -0.15) is 0 Å². The molecule has 0 spiro atoms. The van der Waals surface area contributed by atoms with Crippen LogP contribution in [0.2, 0.25) is 0 Å². The van der Waals surface area contributed by atoms with Crippen molar-refractivity contribution in [2.24, 2.45) is 45.8 Å². The van der Waals surface area contributed by atoms with E-state index < -0.39 is 28.5 Å². The lowest BCUT2D eigenvalue weighted by Gasteiger charge is -2.58. The fourth-order valence-corrected chi connectivity index (χ4v) is 9.58. The van der Waals surface area contributed by atoms with Gasteiger partial charge < -0.3 is 28.8 Å². The highest BCUT2D eigenvalue weighted by molar-refractivity contribution is 5.90. The standard InChI is InChI=1S/C27H38O7/c1-13(2)19-8-16-9-25(11-28)18-7-6-14(3)17(18)10-26(16,27(19,25)24(29)30)12-32-23-22-21(34-22)20(31-5)15(4)33-23/h8,11,13-18,20-23H,6-7,9-10,12H2,1-5H3,(H,29,30)/t14-,15-,16?,17-,18-,20-,21-,22-,23-,25?,26?,27?/m1/s1. The number of carbonyl (C=O) groups is 2. The molecule has 3 saturated carbocycles. The zero-order chi connectivity index (χ0) is 24.2. The number of epoxide rings is 1. The number of allylic oxidation sites excluding steroid dienone is 1. The molecule has 0 aromatic carbocycles. The molecule has 4 aliphatic carbocycles. The molecule has 0 aromatic rings. The summed E-state index contributed by atoms with van der Waals surface area (Å²) in [5.74, 6) is 0.188. The third-order valence-electron chi connectivity index (χ3n) is 10.9. The summed E-state index contributed by atoms with van der Waals surface area (Å²) in [5.41, 5.74) is -1.79. The van der Waals surface area contributed by atoms with Crippen LogP contribution in [0.4, 0.5) is 0 Å². The van der Waals surface area contributed by atoms with E-state index in [-0.39, 0.29) is 48.8 Å². The number of carboxylic acid groups (broad SMARTS) is 1. The predicted molar refractivity (Wildman–Crippen MR) is 122 cm³/mol. The van der Waals surface area contributed by atoms with Gasteiger partial charge in [-0.25, -0.2) is 0 Å². The number of carbonyl (C=O) groups excluding carboxylic acids is 1. The highest BCUT2D eigenvalue weighted by Gasteiger charge is 2.84. The summed E-state index contributed by atoms with van der Waals surface area (Å²) >= 11 is 0. The summed E-state index contributed by atoms with van der Waals surface area (Å²) in [4.78, 5) is 26.6. The molecule has 6 aliphatic rings. The van der Waals surface area contributed by atoms with E-state index >= 15 is 0 Å². The molecule has 12 atom stereocenters. The Morgan fingerprint density at radius 1 is 1.24 bits per heavy atom. The van der Waals surface area contributed by atoms with Crippen LogP contribution >= 0.6 is 0 Å². The van der Waals surface area contributed by atoms with Crippen LogP contribution in [0.15, 0.2) is 11.6 Å². The molecule has 0 radical (unpaired) electrons. The number of aliphatic carboxylic acids is 1. The van der Waals surface area contributed by atoms with Crippen LogP contribution in [0, 0.1) is 45.8 Å². The molecule has 4 unspecified atom stereocenters. The number of aldehydes is 1. The molecule has 7 heteroatoms. The van der Waals surface area contributed by atoms with Crippen molar-refractivity contribution in [3.05, 3.63) is 11.6 Å². The highest BCUT2D eigenvalue weighted by Crippen LogP contribution is 2.82. The first-order chi connectivity index (χ1) is 16.2. The molecule has 2 aliphatic heterocycles. The van der Waals surface area contributed by atoms with Crippen LogP contribution in [0.3, 0.4) is 0 Å². The number of carboxylic acids is 1. The molecule has 1 N–H and O–H groups in total. The maximum absolute atomic E-state index is 13.5. The number of fused-ring (bicyclic) bond motifs is 3. The number of ether oxygens (including phenoxy) is 4. The predicted octanol–water partition coefficient (Wildman–Crippen LogP) is 3.45. The minimum atomic E-state index is -1.22. The van der Waals surface area contributed by atoms with E-state index in [0.29, 0.717) is 18.3 Å².